The minimum absolute atomic E-state index is 0. The lowest BCUT2D eigenvalue weighted by Crippen LogP contribution is -2.53. The van der Waals surface area contributed by atoms with E-state index in [1.165, 1.54) is 18.4 Å². The number of rotatable bonds is 1. The highest BCUT2D eigenvalue weighted by Crippen LogP contribution is 2.45. The van der Waals surface area contributed by atoms with Gasteiger partial charge in [-0.25, -0.2) is 0 Å². The van der Waals surface area contributed by atoms with E-state index in [2.05, 4.69) is 16.4 Å². The fourth-order valence-electron chi connectivity index (χ4n) is 3.53. The van der Waals surface area contributed by atoms with E-state index in [0.717, 1.165) is 25.8 Å². The van der Waals surface area contributed by atoms with Gasteiger partial charge in [0.05, 0.1) is 5.60 Å². The predicted molar refractivity (Wildman–Crippen MR) is 81.0 cm³/mol. The van der Waals surface area contributed by atoms with Crippen molar-refractivity contribution in [2.45, 2.75) is 43.7 Å². The maximum atomic E-state index is 10.8. The number of aliphatic hydroxyl groups is 1. The molecule has 1 aromatic rings. The molecule has 0 amide bonds. The number of pyridine rings is 1. The van der Waals surface area contributed by atoms with Crippen LogP contribution in [0.5, 0.6) is 0 Å². The van der Waals surface area contributed by atoms with E-state index >= 15 is 0 Å². The normalized spacial score (nSPS) is 33.5. The van der Waals surface area contributed by atoms with Crippen LogP contribution in [-0.4, -0.2) is 22.2 Å². The third-order valence-corrected chi connectivity index (χ3v) is 4.43. The molecular formula is C14H22Cl2N2O. The number of hydrogen-bond donors (Lipinski definition) is 2. The number of nitrogens with zero attached hydrogens (tertiary/aromatic N) is 1. The molecule has 2 N–H and O–H groups in total. The molecule has 1 saturated heterocycles. The van der Waals surface area contributed by atoms with Crippen LogP contribution in [0.3, 0.4) is 0 Å². The molecule has 0 bridgehead atoms. The summed E-state index contributed by atoms with van der Waals surface area (Å²) in [6, 6.07) is 4.38. The molecule has 2 fully saturated rings. The average molecular weight is 305 g/mol. The second-order valence-corrected chi connectivity index (χ2v) is 5.42. The number of nitrogens with one attached hydrogen (secondary N) is 1. The standard InChI is InChI=1S/C14H20N2O.2ClH/c17-14-6-2-1-5-12(14)13(16-9-7-14)11-4-3-8-15-10-11;;/h3-4,8,10,12-13,16-17H,1-2,5-7,9H2;2*1H. The lowest BCUT2D eigenvalue weighted by atomic mass is 9.67. The Morgan fingerprint density at radius 3 is 2.84 bits per heavy atom. The molecule has 1 aromatic heterocycles. The van der Waals surface area contributed by atoms with Crippen molar-refractivity contribution >= 4 is 24.8 Å². The van der Waals surface area contributed by atoms with Crippen LogP contribution in [-0.2, 0) is 0 Å². The van der Waals surface area contributed by atoms with Crippen molar-refractivity contribution in [2.75, 3.05) is 6.54 Å². The van der Waals surface area contributed by atoms with Gasteiger partial charge < -0.3 is 10.4 Å². The van der Waals surface area contributed by atoms with E-state index < -0.39 is 5.60 Å². The van der Waals surface area contributed by atoms with Crippen molar-refractivity contribution in [3.8, 4) is 0 Å². The van der Waals surface area contributed by atoms with Gasteiger partial charge in [0.2, 0.25) is 0 Å². The Morgan fingerprint density at radius 2 is 2.11 bits per heavy atom. The predicted octanol–water partition coefficient (Wildman–Crippen LogP) is 2.88. The lowest BCUT2D eigenvalue weighted by Gasteiger charge is -2.48. The summed E-state index contributed by atoms with van der Waals surface area (Å²) in [5.74, 6) is 0.356. The van der Waals surface area contributed by atoms with E-state index in [-0.39, 0.29) is 30.9 Å². The van der Waals surface area contributed by atoms with Crippen LogP contribution in [0.25, 0.3) is 0 Å². The molecule has 108 valence electrons. The number of fused-ring (bicyclic) bond motifs is 1. The minimum Gasteiger partial charge on any atom is -0.389 e. The molecule has 19 heavy (non-hydrogen) atoms. The van der Waals surface area contributed by atoms with Gasteiger partial charge in [0.1, 0.15) is 0 Å². The van der Waals surface area contributed by atoms with E-state index in [0.29, 0.717) is 5.92 Å². The van der Waals surface area contributed by atoms with Gasteiger partial charge in [-0.15, -0.1) is 24.8 Å². The molecule has 3 unspecified atom stereocenters. The van der Waals surface area contributed by atoms with Crippen molar-refractivity contribution in [1.82, 2.24) is 10.3 Å². The van der Waals surface area contributed by atoms with Gasteiger partial charge in [-0.05, 0) is 37.4 Å². The van der Waals surface area contributed by atoms with Gasteiger partial charge in [0.25, 0.3) is 0 Å². The van der Waals surface area contributed by atoms with Gasteiger partial charge in [0.15, 0.2) is 0 Å². The Hall–Kier alpha value is -0.350. The summed E-state index contributed by atoms with van der Waals surface area (Å²) in [5.41, 5.74) is 0.779. The summed E-state index contributed by atoms with van der Waals surface area (Å²) in [4.78, 5) is 4.20. The molecule has 0 radical (unpaired) electrons. The summed E-state index contributed by atoms with van der Waals surface area (Å²) >= 11 is 0. The molecule has 3 atom stereocenters. The molecule has 0 aromatic carbocycles. The lowest BCUT2D eigenvalue weighted by molar-refractivity contribution is -0.0861. The van der Waals surface area contributed by atoms with Gasteiger partial charge in [-0.3, -0.25) is 4.98 Å². The Balaban J connectivity index is 0.000000902. The second kappa shape index (κ2) is 6.89. The van der Waals surface area contributed by atoms with E-state index in [4.69, 9.17) is 0 Å². The van der Waals surface area contributed by atoms with Gasteiger partial charge in [0, 0.05) is 24.4 Å². The molecule has 3 rings (SSSR count). The first-order valence-electron chi connectivity index (χ1n) is 6.65. The number of hydrogen-bond acceptors (Lipinski definition) is 3. The monoisotopic (exact) mass is 304 g/mol. The quantitative estimate of drug-likeness (QED) is 0.838. The Bertz CT molecular complexity index is 386. The highest BCUT2D eigenvalue weighted by molar-refractivity contribution is 5.85. The van der Waals surface area contributed by atoms with Crippen molar-refractivity contribution in [1.29, 1.82) is 0 Å². The topological polar surface area (TPSA) is 45.2 Å². The summed E-state index contributed by atoms with van der Waals surface area (Å²) in [7, 11) is 0. The average Bonchev–Trinajstić information content (AvgIpc) is 2.38. The second-order valence-electron chi connectivity index (χ2n) is 5.42. The van der Waals surface area contributed by atoms with Gasteiger partial charge >= 0.3 is 0 Å². The SMILES string of the molecule is Cl.Cl.OC12CCCCC1C(c1cccnc1)NCC2. The zero-order valence-electron chi connectivity index (χ0n) is 10.9. The summed E-state index contributed by atoms with van der Waals surface area (Å²) in [6.07, 6.45) is 9.14. The highest BCUT2D eigenvalue weighted by atomic mass is 35.5. The zero-order valence-corrected chi connectivity index (χ0v) is 12.6. The maximum Gasteiger partial charge on any atom is 0.0706 e. The first-order chi connectivity index (χ1) is 8.30. The molecule has 1 saturated carbocycles. The first kappa shape index (κ1) is 16.7. The third kappa shape index (κ3) is 3.22. The smallest absolute Gasteiger partial charge is 0.0706 e. The van der Waals surface area contributed by atoms with Crippen molar-refractivity contribution in [3.63, 3.8) is 0 Å². The molecule has 1 aliphatic heterocycles. The molecular weight excluding hydrogens is 283 g/mol. The number of piperidine rings is 1. The number of aromatic nitrogens is 1. The van der Waals surface area contributed by atoms with E-state index in [9.17, 15) is 5.11 Å². The van der Waals surface area contributed by atoms with Crippen LogP contribution in [0.1, 0.15) is 43.7 Å². The van der Waals surface area contributed by atoms with Gasteiger partial charge in [-0.2, -0.15) is 0 Å². The molecule has 0 spiro atoms. The van der Waals surface area contributed by atoms with Gasteiger partial charge in [-0.1, -0.05) is 18.9 Å². The van der Waals surface area contributed by atoms with Crippen molar-refractivity contribution < 1.29 is 5.11 Å². The first-order valence-corrected chi connectivity index (χ1v) is 6.65. The largest absolute Gasteiger partial charge is 0.389 e. The van der Waals surface area contributed by atoms with Crippen LogP contribution >= 0.6 is 24.8 Å². The van der Waals surface area contributed by atoms with Crippen LogP contribution in [0, 0.1) is 5.92 Å². The maximum absolute atomic E-state index is 10.8. The summed E-state index contributed by atoms with van der Waals surface area (Å²) < 4.78 is 0. The van der Waals surface area contributed by atoms with Crippen LogP contribution in [0.15, 0.2) is 24.5 Å². The summed E-state index contributed by atoms with van der Waals surface area (Å²) in [5, 5.41) is 14.3. The minimum atomic E-state index is -0.440. The molecule has 5 heteroatoms. The van der Waals surface area contributed by atoms with Crippen molar-refractivity contribution in [3.05, 3.63) is 30.1 Å². The molecule has 3 nitrogen and oxygen atoms in total. The van der Waals surface area contributed by atoms with Crippen LogP contribution in [0.4, 0.5) is 0 Å². The molecule has 2 aliphatic rings. The van der Waals surface area contributed by atoms with E-state index in [1.807, 2.05) is 12.3 Å². The van der Waals surface area contributed by atoms with E-state index in [1.54, 1.807) is 6.20 Å². The number of halogens is 2. The Morgan fingerprint density at radius 1 is 1.26 bits per heavy atom. The van der Waals surface area contributed by atoms with Crippen LogP contribution < -0.4 is 5.32 Å². The van der Waals surface area contributed by atoms with Crippen molar-refractivity contribution in [2.24, 2.45) is 5.92 Å². The van der Waals surface area contributed by atoms with Crippen LogP contribution in [0.2, 0.25) is 0 Å². The fraction of sp³-hybridized carbons (Fsp3) is 0.643. The highest BCUT2D eigenvalue weighted by Gasteiger charge is 2.45. The Labute approximate surface area is 127 Å². The third-order valence-electron chi connectivity index (χ3n) is 4.43. The molecule has 2 heterocycles. The molecule has 1 aliphatic carbocycles. The Kier molecular flexibility index (Phi) is 6.06. The summed E-state index contributed by atoms with van der Waals surface area (Å²) in [6.45, 7) is 0.909. The fourth-order valence-corrected chi connectivity index (χ4v) is 3.53. The zero-order chi connectivity index (χ0) is 11.7.